The van der Waals surface area contributed by atoms with Gasteiger partial charge >= 0.3 is 6.03 Å². The van der Waals surface area contributed by atoms with E-state index in [2.05, 4.69) is 20.6 Å². The van der Waals surface area contributed by atoms with Crippen LogP contribution in [-0.2, 0) is 11.8 Å². The smallest absolute Gasteiger partial charge is 0.320 e. The standard InChI is InChI=1S/C16H21N5O2/c1-11-4-3-5-15(18-11)20-16(22)19-12-6-7-23-14(8-12)13-9-17-10-21(13)2/h3-5,9-10,12,14H,6-8H2,1-2H3,(H2,18,19,20,22)/t12-,14-/m0/s1. The predicted octanol–water partition coefficient (Wildman–Crippen LogP) is 2.17. The lowest BCUT2D eigenvalue weighted by molar-refractivity contribution is -0.00151. The highest BCUT2D eigenvalue weighted by Crippen LogP contribution is 2.27. The number of imidazole rings is 1. The monoisotopic (exact) mass is 315 g/mol. The highest BCUT2D eigenvalue weighted by molar-refractivity contribution is 5.88. The summed E-state index contributed by atoms with van der Waals surface area (Å²) in [5.41, 5.74) is 1.89. The van der Waals surface area contributed by atoms with Crippen LogP contribution in [0.4, 0.5) is 10.6 Å². The average molecular weight is 315 g/mol. The first-order chi connectivity index (χ1) is 11.1. The summed E-state index contributed by atoms with van der Waals surface area (Å²) in [5.74, 6) is 0.553. The van der Waals surface area contributed by atoms with Gasteiger partial charge in [-0.05, 0) is 31.9 Å². The molecule has 3 rings (SSSR count). The maximum atomic E-state index is 12.1. The summed E-state index contributed by atoms with van der Waals surface area (Å²) in [6, 6.07) is 5.35. The molecule has 122 valence electrons. The van der Waals surface area contributed by atoms with E-state index in [-0.39, 0.29) is 18.2 Å². The number of carbonyl (C=O) groups excluding carboxylic acids is 1. The van der Waals surface area contributed by atoms with Crippen LogP contribution in [0.5, 0.6) is 0 Å². The predicted molar refractivity (Wildman–Crippen MR) is 86.1 cm³/mol. The Bertz CT molecular complexity index is 685. The molecule has 0 saturated carbocycles. The van der Waals surface area contributed by atoms with Gasteiger partial charge in [0.2, 0.25) is 0 Å². The van der Waals surface area contributed by atoms with Crippen molar-refractivity contribution in [3.8, 4) is 0 Å². The molecule has 1 aliphatic rings. The van der Waals surface area contributed by atoms with Crippen LogP contribution in [0.25, 0.3) is 0 Å². The van der Waals surface area contributed by atoms with Crippen LogP contribution in [0.1, 0.15) is 30.3 Å². The van der Waals surface area contributed by atoms with Crippen molar-refractivity contribution in [2.24, 2.45) is 7.05 Å². The molecule has 0 aliphatic carbocycles. The Morgan fingerprint density at radius 1 is 1.43 bits per heavy atom. The first-order valence-corrected chi connectivity index (χ1v) is 7.71. The van der Waals surface area contributed by atoms with E-state index in [0.29, 0.717) is 12.4 Å². The molecule has 2 atom stereocenters. The number of pyridine rings is 1. The lowest BCUT2D eigenvalue weighted by Gasteiger charge is -2.30. The second-order valence-electron chi connectivity index (χ2n) is 5.77. The normalized spacial score (nSPS) is 21.0. The largest absolute Gasteiger partial charge is 0.372 e. The van der Waals surface area contributed by atoms with Crippen LogP contribution in [0, 0.1) is 6.92 Å². The maximum absolute atomic E-state index is 12.1. The number of aryl methyl sites for hydroxylation is 2. The number of hydrogen-bond acceptors (Lipinski definition) is 4. The molecule has 0 unspecified atom stereocenters. The number of nitrogens with one attached hydrogen (secondary N) is 2. The molecule has 0 radical (unpaired) electrons. The second-order valence-corrected chi connectivity index (χ2v) is 5.77. The molecule has 23 heavy (non-hydrogen) atoms. The van der Waals surface area contributed by atoms with Gasteiger partial charge in [0, 0.05) is 25.4 Å². The van der Waals surface area contributed by atoms with Crippen molar-refractivity contribution >= 4 is 11.8 Å². The van der Waals surface area contributed by atoms with E-state index in [1.54, 1.807) is 12.4 Å². The Balaban J connectivity index is 1.57. The minimum Gasteiger partial charge on any atom is -0.372 e. The molecule has 0 spiro atoms. The van der Waals surface area contributed by atoms with Crippen molar-refractivity contribution in [2.75, 3.05) is 11.9 Å². The highest BCUT2D eigenvalue weighted by Gasteiger charge is 2.26. The zero-order valence-electron chi connectivity index (χ0n) is 13.3. The van der Waals surface area contributed by atoms with Gasteiger partial charge in [0.05, 0.1) is 18.2 Å². The van der Waals surface area contributed by atoms with Crippen LogP contribution >= 0.6 is 0 Å². The lowest BCUT2D eigenvalue weighted by Crippen LogP contribution is -2.42. The molecule has 2 aromatic heterocycles. The molecule has 2 amide bonds. The van der Waals surface area contributed by atoms with E-state index in [9.17, 15) is 4.79 Å². The Morgan fingerprint density at radius 3 is 3.04 bits per heavy atom. The average Bonchev–Trinajstić information content (AvgIpc) is 2.93. The third kappa shape index (κ3) is 3.87. The van der Waals surface area contributed by atoms with Crippen LogP contribution in [-0.4, -0.2) is 33.2 Å². The van der Waals surface area contributed by atoms with Gasteiger partial charge in [-0.25, -0.2) is 14.8 Å². The second kappa shape index (κ2) is 6.78. The van der Waals surface area contributed by atoms with Gasteiger partial charge in [-0.3, -0.25) is 5.32 Å². The SMILES string of the molecule is Cc1cccc(NC(=O)N[C@H]2CCO[C@H](c3cncn3C)C2)n1. The van der Waals surface area contributed by atoms with Gasteiger partial charge in [0.15, 0.2) is 0 Å². The minimum atomic E-state index is -0.237. The van der Waals surface area contributed by atoms with E-state index >= 15 is 0 Å². The minimum absolute atomic E-state index is 0.0429. The number of carbonyl (C=O) groups is 1. The zero-order valence-corrected chi connectivity index (χ0v) is 13.3. The summed E-state index contributed by atoms with van der Waals surface area (Å²) in [5, 5.41) is 5.77. The van der Waals surface area contributed by atoms with E-state index < -0.39 is 0 Å². The van der Waals surface area contributed by atoms with Crippen molar-refractivity contribution in [1.82, 2.24) is 19.9 Å². The Labute approximate surface area is 135 Å². The lowest BCUT2D eigenvalue weighted by atomic mass is 10.0. The highest BCUT2D eigenvalue weighted by atomic mass is 16.5. The van der Waals surface area contributed by atoms with Crippen LogP contribution < -0.4 is 10.6 Å². The van der Waals surface area contributed by atoms with Gasteiger partial charge in [-0.2, -0.15) is 0 Å². The molecular weight excluding hydrogens is 294 g/mol. The molecule has 2 aromatic rings. The molecule has 3 heterocycles. The summed E-state index contributed by atoms with van der Waals surface area (Å²) >= 11 is 0. The van der Waals surface area contributed by atoms with Gasteiger partial charge in [-0.15, -0.1) is 0 Å². The maximum Gasteiger partial charge on any atom is 0.320 e. The number of aromatic nitrogens is 3. The summed E-state index contributed by atoms with van der Waals surface area (Å²) in [6.07, 6.45) is 5.05. The Hall–Kier alpha value is -2.41. The molecule has 0 bridgehead atoms. The molecule has 0 aromatic carbocycles. The van der Waals surface area contributed by atoms with Gasteiger partial charge in [-0.1, -0.05) is 6.07 Å². The molecule has 1 fully saturated rings. The molecule has 1 saturated heterocycles. The number of anilines is 1. The number of urea groups is 1. The Morgan fingerprint density at radius 2 is 2.30 bits per heavy atom. The van der Waals surface area contributed by atoms with Crippen molar-refractivity contribution < 1.29 is 9.53 Å². The van der Waals surface area contributed by atoms with Crippen molar-refractivity contribution in [3.05, 3.63) is 42.1 Å². The fourth-order valence-corrected chi connectivity index (χ4v) is 2.76. The van der Waals surface area contributed by atoms with E-state index in [4.69, 9.17) is 4.74 Å². The first-order valence-electron chi connectivity index (χ1n) is 7.71. The van der Waals surface area contributed by atoms with Crippen LogP contribution in [0.2, 0.25) is 0 Å². The first kappa shape index (κ1) is 15.5. The Kier molecular flexibility index (Phi) is 4.57. The number of rotatable bonds is 3. The zero-order chi connectivity index (χ0) is 16.2. The third-order valence-corrected chi connectivity index (χ3v) is 3.93. The van der Waals surface area contributed by atoms with Crippen molar-refractivity contribution in [3.63, 3.8) is 0 Å². The van der Waals surface area contributed by atoms with Crippen molar-refractivity contribution in [1.29, 1.82) is 0 Å². The molecule has 7 nitrogen and oxygen atoms in total. The number of hydrogen-bond donors (Lipinski definition) is 2. The topological polar surface area (TPSA) is 81.1 Å². The van der Waals surface area contributed by atoms with Crippen LogP contribution in [0.15, 0.2) is 30.7 Å². The fourth-order valence-electron chi connectivity index (χ4n) is 2.76. The van der Waals surface area contributed by atoms with Gasteiger partial charge < -0.3 is 14.6 Å². The molecule has 7 heteroatoms. The van der Waals surface area contributed by atoms with E-state index in [1.807, 2.05) is 36.9 Å². The van der Waals surface area contributed by atoms with E-state index in [1.165, 1.54) is 0 Å². The third-order valence-electron chi connectivity index (χ3n) is 3.93. The molecular formula is C16H21N5O2. The summed E-state index contributed by atoms with van der Waals surface area (Å²) in [6.45, 7) is 2.50. The quantitative estimate of drug-likeness (QED) is 0.909. The molecule has 1 aliphatic heterocycles. The van der Waals surface area contributed by atoms with Crippen LogP contribution in [0.3, 0.4) is 0 Å². The number of amides is 2. The van der Waals surface area contributed by atoms with Crippen molar-refractivity contribution in [2.45, 2.75) is 31.9 Å². The number of ether oxygens (including phenoxy) is 1. The fraction of sp³-hybridized carbons (Fsp3) is 0.438. The van der Waals surface area contributed by atoms with Gasteiger partial charge in [0.25, 0.3) is 0 Å². The van der Waals surface area contributed by atoms with Gasteiger partial charge in [0.1, 0.15) is 11.9 Å². The molecule has 2 N–H and O–H groups in total. The summed E-state index contributed by atoms with van der Waals surface area (Å²) < 4.78 is 7.75. The van der Waals surface area contributed by atoms with E-state index in [0.717, 1.165) is 24.2 Å². The summed E-state index contributed by atoms with van der Waals surface area (Å²) in [7, 11) is 1.94. The summed E-state index contributed by atoms with van der Waals surface area (Å²) in [4.78, 5) is 20.5. The number of nitrogens with zero attached hydrogens (tertiary/aromatic N) is 3.